The van der Waals surface area contributed by atoms with Gasteiger partial charge >= 0.3 is 0 Å². The van der Waals surface area contributed by atoms with Gasteiger partial charge in [0.15, 0.2) is 0 Å². The van der Waals surface area contributed by atoms with Gasteiger partial charge in [-0.2, -0.15) is 0 Å². The molecule has 0 amide bonds. The minimum absolute atomic E-state index is 0.844. The Labute approximate surface area is 90.0 Å². The molecule has 0 heterocycles. The van der Waals surface area contributed by atoms with Crippen LogP contribution in [-0.2, 0) is 9.47 Å². The maximum Gasteiger partial charge on any atom is 0.0465 e. The molecular weight excluding hydrogens is 176 g/mol. The molecule has 0 aliphatic heterocycles. The fourth-order valence-electron chi connectivity index (χ4n) is 0.799. The Morgan fingerprint density at radius 3 is 1.29 bits per heavy atom. The Kier molecular flexibility index (Phi) is 21.8. The van der Waals surface area contributed by atoms with Gasteiger partial charge in [-0.25, -0.2) is 0 Å². The molecule has 88 valence electrons. The first-order chi connectivity index (χ1) is 6.83. The SMILES string of the molecule is CCCCOCCCC.CCOCC. The quantitative estimate of drug-likeness (QED) is 0.562. The van der Waals surface area contributed by atoms with Gasteiger partial charge in [0.2, 0.25) is 0 Å². The Bertz CT molecular complexity index is 66.7. The van der Waals surface area contributed by atoms with E-state index in [1.165, 1.54) is 25.7 Å². The monoisotopic (exact) mass is 204 g/mol. The van der Waals surface area contributed by atoms with Gasteiger partial charge in [-0.05, 0) is 26.7 Å². The maximum atomic E-state index is 5.31. The molecule has 0 aromatic heterocycles. The highest BCUT2D eigenvalue weighted by molar-refractivity contribution is 4.33. The van der Waals surface area contributed by atoms with Crippen molar-refractivity contribution in [2.75, 3.05) is 26.4 Å². The van der Waals surface area contributed by atoms with Crippen LogP contribution in [0.15, 0.2) is 0 Å². The lowest BCUT2D eigenvalue weighted by Gasteiger charge is -1.99. The summed E-state index contributed by atoms with van der Waals surface area (Å²) in [5, 5.41) is 0. The predicted octanol–water partition coefficient (Wildman–Crippen LogP) is 3.65. The van der Waals surface area contributed by atoms with Crippen molar-refractivity contribution in [3.8, 4) is 0 Å². The van der Waals surface area contributed by atoms with E-state index in [1.54, 1.807) is 0 Å². The van der Waals surface area contributed by atoms with Crippen molar-refractivity contribution in [3.63, 3.8) is 0 Å². The molecule has 0 spiro atoms. The van der Waals surface area contributed by atoms with Crippen LogP contribution in [0.5, 0.6) is 0 Å². The van der Waals surface area contributed by atoms with E-state index in [0.29, 0.717) is 0 Å². The molecule has 2 nitrogen and oxygen atoms in total. The van der Waals surface area contributed by atoms with Crippen LogP contribution in [0.1, 0.15) is 53.4 Å². The third kappa shape index (κ3) is 22.7. The molecule has 0 saturated heterocycles. The summed E-state index contributed by atoms with van der Waals surface area (Å²) in [7, 11) is 0. The first-order valence-electron chi connectivity index (χ1n) is 5.98. The van der Waals surface area contributed by atoms with Gasteiger partial charge in [0, 0.05) is 26.4 Å². The van der Waals surface area contributed by atoms with E-state index in [1.807, 2.05) is 13.8 Å². The first-order valence-corrected chi connectivity index (χ1v) is 5.98. The highest BCUT2D eigenvalue weighted by atomic mass is 16.5. The molecule has 0 aliphatic carbocycles. The fourth-order valence-corrected chi connectivity index (χ4v) is 0.799. The summed E-state index contributed by atoms with van der Waals surface area (Å²) in [5.74, 6) is 0. The van der Waals surface area contributed by atoms with Crippen LogP contribution in [0.2, 0.25) is 0 Å². The number of hydrogen-bond donors (Lipinski definition) is 0. The average molecular weight is 204 g/mol. The van der Waals surface area contributed by atoms with Crippen molar-refractivity contribution in [1.29, 1.82) is 0 Å². The van der Waals surface area contributed by atoms with Crippen LogP contribution < -0.4 is 0 Å². The summed E-state index contributed by atoms with van der Waals surface area (Å²) in [4.78, 5) is 0. The third-order valence-corrected chi connectivity index (χ3v) is 1.69. The highest BCUT2D eigenvalue weighted by Gasteiger charge is 1.84. The number of hydrogen-bond acceptors (Lipinski definition) is 2. The van der Waals surface area contributed by atoms with Gasteiger partial charge in [-0.1, -0.05) is 26.7 Å². The van der Waals surface area contributed by atoms with E-state index >= 15 is 0 Å². The summed E-state index contributed by atoms with van der Waals surface area (Å²) < 4.78 is 10.1. The van der Waals surface area contributed by atoms with Gasteiger partial charge in [0.05, 0.1) is 0 Å². The second-order valence-corrected chi connectivity index (χ2v) is 3.10. The van der Waals surface area contributed by atoms with E-state index in [0.717, 1.165) is 26.4 Å². The predicted molar refractivity (Wildman–Crippen MR) is 62.8 cm³/mol. The zero-order valence-electron chi connectivity index (χ0n) is 10.5. The molecule has 0 N–H and O–H groups in total. The van der Waals surface area contributed by atoms with E-state index < -0.39 is 0 Å². The zero-order chi connectivity index (χ0) is 11.1. The van der Waals surface area contributed by atoms with E-state index in [2.05, 4.69) is 13.8 Å². The number of rotatable bonds is 8. The van der Waals surface area contributed by atoms with Crippen LogP contribution in [0, 0.1) is 0 Å². The van der Waals surface area contributed by atoms with Crippen molar-refractivity contribution in [1.82, 2.24) is 0 Å². The zero-order valence-corrected chi connectivity index (χ0v) is 10.5. The molecule has 0 saturated carbocycles. The molecule has 0 aromatic carbocycles. The molecule has 0 bridgehead atoms. The largest absolute Gasteiger partial charge is 0.382 e. The lowest BCUT2D eigenvalue weighted by atomic mass is 10.3. The summed E-state index contributed by atoms with van der Waals surface area (Å²) in [6.07, 6.45) is 4.91. The summed E-state index contributed by atoms with van der Waals surface area (Å²) >= 11 is 0. The fraction of sp³-hybridized carbons (Fsp3) is 1.00. The molecule has 0 aromatic rings. The lowest BCUT2D eigenvalue weighted by molar-refractivity contribution is 0.128. The van der Waals surface area contributed by atoms with Gasteiger partial charge in [-0.15, -0.1) is 0 Å². The molecule has 0 aliphatic rings. The topological polar surface area (TPSA) is 18.5 Å². The smallest absolute Gasteiger partial charge is 0.0465 e. The van der Waals surface area contributed by atoms with Crippen molar-refractivity contribution in [3.05, 3.63) is 0 Å². The molecular formula is C12H28O2. The minimum atomic E-state index is 0.844. The van der Waals surface area contributed by atoms with E-state index in [9.17, 15) is 0 Å². The average Bonchev–Trinajstić information content (AvgIpc) is 2.20. The van der Waals surface area contributed by atoms with Gasteiger partial charge in [-0.3, -0.25) is 0 Å². The Morgan fingerprint density at radius 2 is 1.07 bits per heavy atom. The number of unbranched alkanes of at least 4 members (excludes halogenated alkanes) is 2. The standard InChI is InChI=1S/C8H18O.C4H10O/c1-3-5-7-9-8-6-4-2;1-3-5-4-2/h3-8H2,1-2H3;3-4H2,1-2H3. The van der Waals surface area contributed by atoms with Gasteiger partial charge < -0.3 is 9.47 Å². The van der Waals surface area contributed by atoms with Crippen LogP contribution in [0.3, 0.4) is 0 Å². The Morgan fingerprint density at radius 1 is 0.643 bits per heavy atom. The van der Waals surface area contributed by atoms with Crippen LogP contribution in [0.4, 0.5) is 0 Å². The Hall–Kier alpha value is -0.0800. The third-order valence-electron chi connectivity index (χ3n) is 1.69. The summed E-state index contributed by atoms with van der Waals surface area (Å²) in [6, 6.07) is 0. The summed E-state index contributed by atoms with van der Waals surface area (Å²) in [5.41, 5.74) is 0. The van der Waals surface area contributed by atoms with Crippen LogP contribution >= 0.6 is 0 Å². The van der Waals surface area contributed by atoms with Crippen LogP contribution in [0.25, 0.3) is 0 Å². The second kappa shape index (κ2) is 18.7. The molecule has 0 radical (unpaired) electrons. The van der Waals surface area contributed by atoms with Crippen molar-refractivity contribution in [2.45, 2.75) is 53.4 Å². The van der Waals surface area contributed by atoms with E-state index in [-0.39, 0.29) is 0 Å². The molecule has 0 rings (SSSR count). The highest BCUT2D eigenvalue weighted by Crippen LogP contribution is 1.91. The van der Waals surface area contributed by atoms with Crippen molar-refractivity contribution >= 4 is 0 Å². The van der Waals surface area contributed by atoms with Crippen LogP contribution in [-0.4, -0.2) is 26.4 Å². The normalized spacial score (nSPS) is 9.43. The van der Waals surface area contributed by atoms with Gasteiger partial charge in [0.25, 0.3) is 0 Å². The lowest BCUT2D eigenvalue weighted by Crippen LogP contribution is -1.95. The first kappa shape index (κ1) is 16.4. The second-order valence-electron chi connectivity index (χ2n) is 3.10. The van der Waals surface area contributed by atoms with Crippen molar-refractivity contribution < 1.29 is 9.47 Å². The number of ether oxygens (including phenoxy) is 2. The molecule has 0 atom stereocenters. The summed E-state index contributed by atoms with van der Waals surface area (Å²) in [6.45, 7) is 11.9. The molecule has 14 heavy (non-hydrogen) atoms. The molecule has 0 fully saturated rings. The minimum Gasteiger partial charge on any atom is -0.382 e. The van der Waals surface area contributed by atoms with Gasteiger partial charge in [0.1, 0.15) is 0 Å². The van der Waals surface area contributed by atoms with E-state index in [4.69, 9.17) is 9.47 Å². The molecule has 0 unspecified atom stereocenters. The van der Waals surface area contributed by atoms with Crippen molar-refractivity contribution in [2.24, 2.45) is 0 Å². The maximum absolute atomic E-state index is 5.31. The Balaban J connectivity index is 0. The molecule has 2 heteroatoms.